The summed E-state index contributed by atoms with van der Waals surface area (Å²) in [6.45, 7) is 4.59. The number of carbonyl (C=O) groups is 2. The second-order valence-electron chi connectivity index (χ2n) is 8.30. The molecule has 1 N–H and O–H groups in total. The molecule has 7 nitrogen and oxygen atoms in total. The molecule has 4 aromatic rings. The third kappa shape index (κ3) is 4.17. The van der Waals surface area contributed by atoms with Crippen molar-refractivity contribution in [2.45, 2.75) is 26.3 Å². The van der Waals surface area contributed by atoms with Crippen LogP contribution in [0.4, 0.5) is 5.13 Å². The first kappa shape index (κ1) is 22.7. The van der Waals surface area contributed by atoms with Crippen LogP contribution in [0.15, 0.2) is 72.6 Å². The van der Waals surface area contributed by atoms with E-state index in [1.165, 1.54) is 16.2 Å². The van der Waals surface area contributed by atoms with Gasteiger partial charge in [0, 0.05) is 18.0 Å². The van der Waals surface area contributed by atoms with Gasteiger partial charge in [0.25, 0.3) is 5.78 Å². The Balaban J connectivity index is 1.64. The van der Waals surface area contributed by atoms with Crippen LogP contribution in [-0.2, 0) is 9.59 Å². The number of aromatic nitrogens is 2. The summed E-state index contributed by atoms with van der Waals surface area (Å²) in [7, 11) is 0. The summed E-state index contributed by atoms with van der Waals surface area (Å²) in [6, 6.07) is 15.3. The predicted octanol–water partition coefficient (Wildman–Crippen LogP) is 5.41. The van der Waals surface area contributed by atoms with E-state index in [9.17, 15) is 14.7 Å². The molecule has 1 unspecified atom stereocenters. The van der Waals surface area contributed by atoms with Crippen molar-refractivity contribution in [3.8, 4) is 5.75 Å². The lowest BCUT2D eigenvalue weighted by Gasteiger charge is -2.22. The Kier molecular flexibility index (Phi) is 6.05. The molecule has 1 amide bonds. The largest absolute Gasteiger partial charge is 0.507 e. The number of aliphatic hydroxyl groups excluding tert-OH is 1. The molecule has 2 aromatic carbocycles. The molecule has 176 valence electrons. The van der Waals surface area contributed by atoms with Crippen molar-refractivity contribution in [2.24, 2.45) is 0 Å². The van der Waals surface area contributed by atoms with E-state index < -0.39 is 17.7 Å². The molecular formula is C27H23N3O4S. The second kappa shape index (κ2) is 9.31. The molecule has 35 heavy (non-hydrogen) atoms. The van der Waals surface area contributed by atoms with E-state index >= 15 is 0 Å². The number of fused-ring (bicyclic) bond motifs is 1. The number of pyridine rings is 1. The molecule has 1 fully saturated rings. The average molecular weight is 486 g/mol. The normalized spacial score (nSPS) is 17.3. The van der Waals surface area contributed by atoms with Gasteiger partial charge in [0.2, 0.25) is 0 Å². The zero-order valence-corrected chi connectivity index (χ0v) is 20.1. The number of hydrogen-bond donors (Lipinski definition) is 1. The Hall–Kier alpha value is -4.04. The topological polar surface area (TPSA) is 92.6 Å². The van der Waals surface area contributed by atoms with Crippen molar-refractivity contribution >= 4 is 44.1 Å². The highest BCUT2D eigenvalue weighted by molar-refractivity contribution is 7.22. The SMILES string of the molecule is CCCOc1ccc(C(O)=C2C(=O)C(=O)N(c3nc4ccc(C)cc4s3)C2c2cccnc2)cc1. The van der Waals surface area contributed by atoms with Crippen LogP contribution in [0.25, 0.3) is 16.0 Å². The third-order valence-corrected chi connectivity index (χ3v) is 6.80. The Morgan fingerprint density at radius 1 is 1.14 bits per heavy atom. The molecule has 2 aromatic heterocycles. The van der Waals surface area contributed by atoms with Crippen molar-refractivity contribution < 1.29 is 19.4 Å². The van der Waals surface area contributed by atoms with Crippen molar-refractivity contribution in [2.75, 3.05) is 11.5 Å². The number of hydrogen-bond acceptors (Lipinski definition) is 7. The fraction of sp³-hybridized carbons (Fsp3) is 0.185. The number of rotatable bonds is 6. The monoisotopic (exact) mass is 485 g/mol. The molecule has 1 atom stereocenters. The molecule has 1 saturated heterocycles. The van der Waals surface area contributed by atoms with Gasteiger partial charge in [-0.05, 0) is 66.9 Å². The van der Waals surface area contributed by atoms with E-state index in [1.807, 2.05) is 32.0 Å². The lowest BCUT2D eigenvalue weighted by atomic mass is 9.96. The van der Waals surface area contributed by atoms with E-state index in [1.54, 1.807) is 48.8 Å². The Bertz CT molecular complexity index is 1440. The molecule has 0 saturated carbocycles. The number of ketones is 1. The van der Waals surface area contributed by atoms with E-state index in [2.05, 4.69) is 9.97 Å². The number of Topliss-reactive ketones (excluding diaryl/α,β-unsaturated/α-hetero) is 1. The highest BCUT2D eigenvalue weighted by Gasteiger charge is 2.48. The zero-order chi connectivity index (χ0) is 24.5. The van der Waals surface area contributed by atoms with Crippen LogP contribution in [0.1, 0.15) is 36.1 Å². The van der Waals surface area contributed by atoms with Crippen LogP contribution in [-0.4, -0.2) is 33.4 Å². The fourth-order valence-electron chi connectivity index (χ4n) is 4.09. The number of carbonyl (C=O) groups excluding carboxylic acids is 2. The summed E-state index contributed by atoms with van der Waals surface area (Å²) in [6.07, 6.45) is 4.09. The molecule has 1 aliphatic rings. The van der Waals surface area contributed by atoms with Gasteiger partial charge >= 0.3 is 5.91 Å². The van der Waals surface area contributed by atoms with Crippen LogP contribution in [0.3, 0.4) is 0 Å². The van der Waals surface area contributed by atoms with Crippen LogP contribution >= 0.6 is 11.3 Å². The van der Waals surface area contributed by atoms with Gasteiger partial charge in [-0.3, -0.25) is 19.5 Å². The summed E-state index contributed by atoms with van der Waals surface area (Å²) in [5.74, 6) is -1.09. The van der Waals surface area contributed by atoms with Crippen LogP contribution in [0, 0.1) is 6.92 Å². The van der Waals surface area contributed by atoms with Crippen molar-refractivity contribution in [1.82, 2.24) is 9.97 Å². The summed E-state index contributed by atoms with van der Waals surface area (Å²) >= 11 is 1.33. The highest BCUT2D eigenvalue weighted by Crippen LogP contribution is 2.44. The van der Waals surface area contributed by atoms with Crippen LogP contribution in [0.2, 0.25) is 0 Å². The first-order valence-electron chi connectivity index (χ1n) is 11.3. The zero-order valence-electron chi connectivity index (χ0n) is 19.3. The minimum Gasteiger partial charge on any atom is -0.507 e. The molecule has 0 aliphatic carbocycles. The summed E-state index contributed by atoms with van der Waals surface area (Å²) < 4.78 is 6.53. The minimum atomic E-state index is -0.860. The molecule has 8 heteroatoms. The van der Waals surface area contributed by atoms with Gasteiger partial charge in [-0.15, -0.1) is 0 Å². The molecule has 5 rings (SSSR count). The molecular weight excluding hydrogens is 462 g/mol. The number of benzene rings is 2. The standard InChI is InChI=1S/C27H23N3O4S/c1-3-13-34-19-9-7-17(8-10-19)24(31)22-23(18-5-4-12-28-15-18)30(26(33)25(22)32)27-29-20-11-6-16(2)14-21(20)35-27/h4-12,14-15,23,31H,3,13H2,1-2H3. The summed E-state index contributed by atoms with van der Waals surface area (Å²) in [5, 5.41) is 11.6. The van der Waals surface area contributed by atoms with Crippen molar-refractivity contribution in [3.63, 3.8) is 0 Å². The molecule has 0 spiro atoms. The number of aryl methyl sites for hydroxylation is 1. The molecule has 1 aliphatic heterocycles. The van der Waals surface area contributed by atoms with E-state index in [0.717, 1.165) is 22.2 Å². The Morgan fingerprint density at radius 3 is 2.66 bits per heavy atom. The lowest BCUT2D eigenvalue weighted by Crippen LogP contribution is -2.29. The predicted molar refractivity (Wildman–Crippen MR) is 136 cm³/mol. The highest BCUT2D eigenvalue weighted by atomic mass is 32.1. The second-order valence-corrected chi connectivity index (χ2v) is 9.31. The maximum Gasteiger partial charge on any atom is 0.301 e. The average Bonchev–Trinajstić information content (AvgIpc) is 3.40. The molecule has 0 bridgehead atoms. The summed E-state index contributed by atoms with van der Waals surface area (Å²) in [5.41, 5.74) is 2.84. The first-order valence-corrected chi connectivity index (χ1v) is 12.1. The van der Waals surface area contributed by atoms with Gasteiger partial charge in [-0.1, -0.05) is 30.4 Å². The van der Waals surface area contributed by atoms with Gasteiger partial charge in [0.15, 0.2) is 5.13 Å². The van der Waals surface area contributed by atoms with Crippen molar-refractivity contribution in [1.29, 1.82) is 0 Å². The van der Waals surface area contributed by atoms with E-state index in [4.69, 9.17) is 4.74 Å². The molecule has 3 heterocycles. The number of nitrogens with zero attached hydrogens (tertiary/aromatic N) is 3. The van der Waals surface area contributed by atoms with Gasteiger partial charge < -0.3 is 9.84 Å². The number of thiazole rings is 1. The van der Waals surface area contributed by atoms with Gasteiger partial charge in [-0.25, -0.2) is 4.98 Å². The van der Waals surface area contributed by atoms with E-state index in [-0.39, 0.29) is 11.3 Å². The maximum absolute atomic E-state index is 13.3. The van der Waals surface area contributed by atoms with E-state index in [0.29, 0.717) is 28.6 Å². The smallest absolute Gasteiger partial charge is 0.301 e. The third-order valence-electron chi connectivity index (χ3n) is 5.78. The Morgan fingerprint density at radius 2 is 1.94 bits per heavy atom. The minimum absolute atomic E-state index is 0.000614. The van der Waals surface area contributed by atoms with Gasteiger partial charge in [0.05, 0.1) is 28.4 Å². The van der Waals surface area contributed by atoms with Gasteiger partial charge in [-0.2, -0.15) is 0 Å². The number of anilines is 1. The van der Waals surface area contributed by atoms with Crippen LogP contribution < -0.4 is 9.64 Å². The van der Waals surface area contributed by atoms with Gasteiger partial charge in [0.1, 0.15) is 11.5 Å². The number of amides is 1. The quantitative estimate of drug-likeness (QED) is 0.223. The fourth-order valence-corrected chi connectivity index (χ4v) is 5.18. The van der Waals surface area contributed by atoms with Crippen molar-refractivity contribution in [3.05, 3.63) is 89.3 Å². The molecule has 0 radical (unpaired) electrons. The maximum atomic E-state index is 13.3. The number of aliphatic hydroxyl groups is 1. The lowest BCUT2D eigenvalue weighted by molar-refractivity contribution is -0.132. The number of ether oxygens (including phenoxy) is 1. The van der Waals surface area contributed by atoms with Crippen LogP contribution in [0.5, 0.6) is 5.75 Å². The Labute approximate surface area is 206 Å². The summed E-state index contributed by atoms with van der Waals surface area (Å²) in [4.78, 5) is 36.8. The first-order chi connectivity index (χ1) is 17.0.